The van der Waals surface area contributed by atoms with Gasteiger partial charge in [0.2, 0.25) is 0 Å². The van der Waals surface area contributed by atoms with Gasteiger partial charge in [0.25, 0.3) is 5.91 Å². The van der Waals surface area contributed by atoms with Crippen molar-refractivity contribution in [3.8, 4) is 22.4 Å². The maximum atomic E-state index is 14.1. The largest absolute Gasteiger partial charge is 0.462 e. The van der Waals surface area contributed by atoms with Gasteiger partial charge in [-0.15, -0.1) is 0 Å². The van der Waals surface area contributed by atoms with E-state index in [-0.39, 0.29) is 35.6 Å². The van der Waals surface area contributed by atoms with Crippen LogP contribution in [0, 0.1) is 11.7 Å². The fraction of sp³-hybridized carbons (Fsp3) is 0.294. The molecule has 2 atom stereocenters. The zero-order valence-electron chi connectivity index (χ0n) is 23.2. The van der Waals surface area contributed by atoms with Crippen LogP contribution in [0.3, 0.4) is 0 Å². The summed E-state index contributed by atoms with van der Waals surface area (Å²) in [5, 5.41) is 3.10. The van der Waals surface area contributed by atoms with E-state index in [0.717, 1.165) is 34.5 Å². The summed E-state index contributed by atoms with van der Waals surface area (Å²) in [6, 6.07) is 25.7. The molecule has 0 saturated carbocycles. The molecule has 1 saturated heterocycles. The summed E-state index contributed by atoms with van der Waals surface area (Å²) in [5.41, 5.74) is 5.57. The first kappa shape index (κ1) is 27.4. The van der Waals surface area contributed by atoms with E-state index in [1.165, 1.54) is 12.1 Å². The number of esters is 1. The number of nitrogens with zero attached hydrogens (tertiary/aromatic N) is 1. The Morgan fingerprint density at radius 1 is 0.975 bits per heavy atom. The van der Waals surface area contributed by atoms with E-state index >= 15 is 0 Å². The topological polar surface area (TPSA) is 60.3 Å². The molecule has 206 valence electrons. The van der Waals surface area contributed by atoms with E-state index in [1.807, 2.05) is 60.7 Å². The van der Waals surface area contributed by atoms with E-state index in [0.29, 0.717) is 30.6 Å². The lowest BCUT2D eigenvalue weighted by atomic mass is 9.94. The van der Waals surface area contributed by atoms with Crippen LogP contribution in [-0.4, -0.2) is 22.5 Å². The number of amides is 1. The number of para-hydroxylation sites is 1. The van der Waals surface area contributed by atoms with Crippen LogP contribution in [0.4, 0.5) is 10.1 Å². The molecule has 1 N–H and O–H groups in total. The predicted molar refractivity (Wildman–Crippen MR) is 157 cm³/mol. The normalized spacial score (nSPS) is 17.1. The highest BCUT2D eigenvalue weighted by atomic mass is 19.1. The lowest BCUT2D eigenvalue weighted by Gasteiger charge is -2.27. The van der Waals surface area contributed by atoms with E-state index in [2.05, 4.69) is 30.7 Å². The van der Waals surface area contributed by atoms with Gasteiger partial charge in [-0.2, -0.15) is 0 Å². The Hall–Kier alpha value is -4.19. The number of rotatable bonds is 8. The Morgan fingerprint density at radius 2 is 1.62 bits per heavy atom. The Labute approximate surface area is 235 Å². The first-order chi connectivity index (χ1) is 19.3. The maximum absolute atomic E-state index is 14.1. The molecule has 2 heterocycles. The molecule has 1 aromatic heterocycles. The van der Waals surface area contributed by atoms with Crippen molar-refractivity contribution in [3.05, 3.63) is 102 Å². The van der Waals surface area contributed by atoms with Crippen LogP contribution in [0.2, 0.25) is 0 Å². The van der Waals surface area contributed by atoms with E-state index in [1.54, 1.807) is 12.1 Å². The van der Waals surface area contributed by atoms with Gasteiger partial charge in [0.1, 0.15) is 11.9 Å². The minimum absolute atomic E-state index is 0.000939. The third-order valence-corrected chi connectivity index (χ3v) is 7.44. The molecule has 40 heavy (non-hydrogen) atoms. The number of cyclic esters (lactones) is 1. The zero-order valence-corrected chi connectivity index (χ0v) is 23.2. The molecule has 0 unspecified atom stereocenters. The summed E-state index contributed by atoms with van der Waals surface area (Å²) in [4.78, 5) is 26.3. The minimum Gasteiger partial charge on any atom is -0.462 e. The Bertz CT molecular complexity index is 1480. The molecule has 1 aliphatic rings. The number of nitrogens with one attached hydrogen (secondary N) is 1. The summed E-state index contributed by atoms with van der Waals surface area (Å²) in [6.45, 7) is 6.78. The second kappa shape index (κ2) is 11.9. The Morgan fingerprint density at radius 3 is 2.25 bits per heavy atom. The monoisotopic (exact) mass is 538 g/mol. The number of anilines is 1. The van der Waals surface area contributed by atoms with Crippen molar-refractivity contribution in [1.82, 2.24) is 4.57 Å². The van der Waals surface area contributed by atoms with Crippen molar-refractivity contribution in [2.45, 2.75) is 58.6 Å². The maximum Gasteiger partial charge on any atom is 0.306 e. The number of hydrogen-bond acceptors (Lipinski definition) is 3. The third kappa shape index (κ3) is 5.86. The van der Waals surface area contributed by atoms with E-state index in [4.69, 9.17) is 4.74 Å². The first-order valence-electron chi connectivity index (χ1n) is 14.0. The highest BCUT2D eigenvalue weighted by molar-refractivity contribution is 6.12. The van der Waals surface area contributed by atoms with Gasteiger partial charge in [-0.05, 0) is 65.8 Å². The van der Waals surface area contributed by atoms with Gasteiger partial charge in [0.15, 0.2) is 0 Å². The smallest absolute Gasteiger partial charge is 0.306 e. The molecule has 5 rings (SSSR count). The van der Waals surface area contributed by atoms with Gasteiger partial charge in [-0.1, -0.05) is 69.3 Å². The van der Waals surface area contributed by atoms with E-state index in [9.17, 15) is 14.0 Å². The minimum atomic E-state index is -0.322. The highest BCUT2D eigenvalue weighted by Crippen LogP contribution is 2.43. The summed E-state index contributed by atoms with van der Waals surface area (Å²) in [5.74, 6) is -0.414. The number of carbonyl (C=O) groups is 2. The van der Waals surface area contributed by atoms with Crippen LogP contribution in [0.25, 0.3) is 22.4 Å². The number of ether oxygens (including phenoxy) is 1. The standard InChI is InChI=1S/C34H35FN2O3/c1-22(2)32-31(34(39)36-27-12-8-5-9-13-27)30(24-10-6-4-7-11-24)33(25-14-16-26(35)17-15-25)37(32)19-18-28-20-23(3)21-29(38)40-28/h4-17,22-23,28H,18-21H2,1-3H3,(H,36,39)/t23-,28-/m1/s1. The predicted octanol–water partition coefficient (Wildman–Crippen LogP) is 8.07. The molecule has 1 amide bonds. The summed E-state index contributed by atoms with van der Waals surface area (Å²) < 4.78 is 21.9. The Balaban J connectivity index is 1.71. The van der Waals surface area contributed by atoms with Crippen molar-refractivity contribution in [2.75, 3.05) is 5.32 Å². The van der Waals surface area contributed by atoms with Crippen LogP contribution in [0.15, 0.2) is 84.9 Å². The fourth-order valence-corrected chi connectivity index (χ4v) is 5.76. The molecule has 0 radical (unpaired) electrons. The Kier molecular flexibility index (Phi) is 8.15. The lowest BCUT2D eigenvalue weighted by Crippen LogP contribution is -2.29. The summed E-state index contributed by atoms with van der Waals surface area (Å²) in [7, 11) is 0. The number of benzene rings is 3. The van der Waals surface area contributed by atoms with Gasteiger partial charge in [-0.3, -0.25) is 9.59 Å². The second-order valence-electron chi connectivity index (χ2n) is 10.9. The molecule has 6 heteroatoms. The van der Waals surface area contributed by atoms with Crippen molar-refractivity contribution >= 4 is 17.6 Å². The molecule has 5 nitrogen and oxygen atoms in total. The molecular formula is C34H35FN2O3. The van der Waals surface area contributed by atoms with Crippen LogP contribution in [0.1, 0.15) is 62.0 Å². The average Bonchev–Trinajstić information content (AvgIpc) is 3.28. The molecule has 0 spiro atoms. The van der Waals surface area contributed by atoms with Crippen molar-refractivity contribution in [3.63, 3.8) is 0 Å². The number of hydrogen-bond donors (Lipinski definition) is 1. The van der Waals surface area contributed by atoms with Crippen molar-refractivity contribution in [2.24, 2.45) is 5.92 Å². The molecule has 3 aromatic carbocycles. The van der Waals surface area contributed by atoms with Crippen molar-refractivity contribution in [1.29, 1.82) is 0 Å². The highest BCUT2D eigenvalue weighted by Gasteiger charge is 2.32. The van der Waals surface area contributed by atoms with Gasteiger partial charge in [0, 0.05) is 36.3 Å². The second-order valence-corrected chi connectivity index (χ2v) is 10.9. The van der Waals surface area contributed by atoms with Crippen LogP contribution < -0.4 is 5.32 Å². The zero-order chi connectivity index (χ0) is 28.2. The number of aromatic nitrogens is 1. The molecule has 1 aliphatic heterocycles. The van der Waals surface area contributed by atoms with Gasteiger partial charge < -0.3 is 14.6 Å². The van der Waals surface area contributed by atoms with Crippen molar-refractivity contribution < 1.29 is 18.7 Å². The summed E-state index contributed by atoms with van der Waals surface area (Å²) >= 11 is 0. The molecular weight excluding hydrogens is 503 g/mol. The van der Waals surface area contributed by atoms with E-state index < -0.39 is 0 Å². The SMILES string of the molecule is CC(C)c1c(C(=O)Nc2ccccc2)c(-c2ccccc2)c(-c2ccc(F)cc2)n1CC[C@@H]1C[C@@H](C)CC(=O)O1. The molecule has 1 fully saturated rings. The fourth-order valence-electron chi connectivity index (χ4n) is 5.76. The first-order valence-corrected chi connectivity index (χ1v) is 14.0. The lowest BCUT2D eigenvalue weighted by molar-refractivity contribution is -0.156. The third-order valence-electron chi connectivity index (χ3n) is 7.44. The van der Waals surface area contributed by atoms with Gasteiger partial charge in [0.05, 0.1) is 11.3 Å². The van der Waals surface area contributed by atoms with Gasteiger partial charge >= 0.3 is 5.97 Å². The van der Waals surface area contributed by atoms with Crippen LogP contribution in [0.5, 0.6) is 0 Å². The summed E-state index contributed by atoms with van der Waals surface area (Å²) in [6.07, 6.45) is 1.68. The van der Waals surface area contributed by atoms with Gasteiger partial charge in [-0.25, -0.2) is 4.39 Å². The number of carbonyl (C=O) groups excluding carboxylic acids is 2. The molecule has 0 aliphatic carbocycles. The molecule has 4 aromatic rings. The number of halogens is 1. The average molecular weight is 539 g/mol. The quantitative estimate of drug-likeness (QED) is 0.231. The molecule has 0 bridgehead atoms. The van der Waals surface area contributed by atoms with Crippen LogP contribution in [-0.2, 0) is 16.1 Å². The van der Waals surface area contributed by atoms with Crippen LogP contribution >= 0.6 is 0 Å².